The van der Waals surface area contributed by atoms with Gasteiger partial charge in [0.2, 0.25) is 0 Å². The molecule has 0 saturated heterocycles. The minimum Gasteiger partial charge on any atom is -0.497 e. The van der Waals surface area contributed by atoms with Crippen LogP contribution < -0.4 is 9.47 Å². The number of benzene rings is 3. The normalized spacial score (nSPS) is 23.3. The van der Waals surface area contributed by atoms with Gasteiger partial charge in [-0.3, -0.25) is 4.79 Å². The molecule has 0 heterocycles. The van der Waals surface area contributed by atoms with Gasteiger partial charge in [0.15, 0.2) is 5.78 Å². The minimum atomic E-state index is -1.38. The molecule has 0 spiro atoms. The van der Waals surface area contributed by atoms with Crippen molar-refractivity contribution in [3.05, 3.63) is 105 Å². The van der Waals surface area contributed by atoms with Crippen LogP contribution in [0.2, 0.25) is 5.02 Å². The summed E-state index contributed by atoms with van der Waals surface area (Å²) in [5.74, 6) is 0.0182. The number of nitrogens with zero attached hydrogens (tertiary/aromatic N) is 1. The number of methoxy groups -OCH3 is 2. The largest absolute Gasteiger partial charge is 0.497 e. The molecule has 3 aliphatic carbocycles. The van der Waals surface area contributed by atoms with Crippen molar-refractivity contribution >= 4 is 23.5 Å². The summed E-state index contributed by atoms with van der Waals surface area (Å²) in [6.07, 6.45) is 4.52. The van der Waals surface area contributed by atoms with E-state index in [0.29, 0.717) is 62.0 Å². The lowest BCUT2D eigenvalue weighted by molar-refractivity contribution is -0.0821. The van der Waals surface area contributed by atoms with Crippen molar-refractivity contribution < 1.29 is 38.4 Å². The van der Waals surface area contributed by atoms with Crippen LogP contribution >= 0.6 is 11.6 Å². The van der Waals surface area contributed by atoms with Gasteiger partial charge in [0.1, 0.15) is 17.3 Å². The molecule has 8 nitrogen and oxygen atoms in total. The van der Waals surface area contributed by atoms with E-state index < -0.39 is 29.0 Å². The molecule has 0 aliphatic heterocycles. The first-order chi connectivity index (χ1) is 24.8. The van der Waals surface area contributed by atoms with Gasteiger partial charge in [0.25, 0.3) is 0 Å². The van der Waals surface area contributed by atoms with Crippen molar-refractivity contribution in [2.45, 2.75) is 96.3 Å². The fourth-order valence-electron chi connectivity index (χ4n) is 8.10. The molecule has 4 atom stereocenters. The van der Waals surface area contributed by atoms with Crippen molar-refractivity contribution in [2.24, 2.45) is 5.41 Å². The number of ketones is 1. The molecule has 1 saturated carbocycles. The quantitative estimate of drug-likeness (QED) is 0.159. The Morgan fingerprint density at radius 1 is 1.06 bits per heavy atom. The van der Waals surface area contributed by atoms with Gasteiger partial charge in [0.05, 0.1) is 45.6 Å². The summed E-state index contributed by atoms with van der Waals surface area (Å²) in [7, 11) is 3.12. The fourth-order valence-corrected chi connectivity index (χ4v) is 8.33. The highest BCUT2D eigenvalue weighted by Crippen LogP contribution is 2.59. The van der Waals surface area contributed by atoms with E-state index in [4.69, 9.17) is 25.8 Å². The molecule has 10 heteroatoms. The summed E-state index contributed by atoms with van der Waals surface area (Å²) in [6, 6.07) is 15.5. The molecule has 4 unspecified atom stereocenters. The van der Waals surface area contributed by atoms with Crippen LogP contribution in [0.4, 0.5) is 9.18 Å². The SMILES string of the molecule is CCOC(=O)N(Cc1ccc(OC)cc1OC)CC1(O)CCC2c3ccc(cc3C(=O)Cc3c(F)cccc3Cl)CC(O)CCC(C)=CCCC21C. The average molecular weight is 736 g/mol. The second-order valence-corrected chi connectivity index (χ2v) is 14.9. The van der Waals surface area contributed by atoms with Crippen molar-refractivity contribution in [2.75, 3.05) is 27.4 Å². The molecule has 2 N–H and O–H groups in total. The third kappa shape index (κ3) is 8.48. The Morgan fingerprint density at radius 2 is 1.85 bits per heavy atom. The summed E-state index contributed by atoms with van der Waals surface area (Å²) in [6.45, 7) is 6.12. The molecule has 0 aromatic heterocycles. The highest BCUT2D eigenvalue weighted by molar-refractivity contribution is 6.31. The molecule has 0 radical (unpaired) electrons. The average Bonchev–Trinajstić information content (AvgIpc) is 3.37. The number of carbonyl (C=O) groups excluding carboxylic acids is 2. The number of ether oxygens (including phenoxy) is 3. The number of hydrogen-bond donors (Lipinski definition) is 2. The standard InChI is InChI=1S/C42H51ClFNO7/c1-6-52-40(48)45(25-29-14-16-31(50-4)23-39(29)51-5)26-42(49)20-18-35-32-17-13-28(21-30(46)15-12-27(2)9-8-19-41(35,42)3)22-33(32)38(47)24-34-36(43)10-7-11-37(34)44/h7,9-11,13-14,16-17,22-23,30,35,46,49H,6,8,12,15,18-21,24-26H2,1-5H3. The van der Waals surface area contributed by atoms with Gasteiger partial charge in [-0.2, -0.15) is 0 Å². The van der Waals surface area contributed by atoms with E-state index in [1.165, 1.54) is 17.0 Å². The van der Waals surface area contributed by atoms with Crippen molar-refractivity contribution in [1.29, 1.82) is 0 Å². The van der Waals surface area contributed by atoms with E-state index in [1.807, 2.05) is 24.3 Å². The summed E-state index contributed by atoms with van der Waals surface area (Å²) in [4.78, 5) is 29.4. The molecular weight excluding hydrogens is 685 g/mol. The summed E-state index contributed by atoms with van der Waals surface area (Å²) < 4.78 is 31.5. The van der Waals surface area contributed by atoms with Crippen LogP contribution in [-0.4, -0.2) is 66.1 Å². The molecule has 3 aromatic rings. The zero-order valence-electron chi connectivity index (χ0n) is 30.8. The first kappa shape index (κ1) is 39.3. The Kier molecular flexibility index (Phi) is 12.7. The number of rotatable bonds is 10. The van der Waals surface area contributed by atoms with E-state index in [1.54, 1.807) is 39.3 Å². The highest BCUT2D eigenvalue weighted by Gasteiger charge is 2.57. The molecular formula is C42H51ClFNO7. The minimum absolute atomic E-state index is 0.0187. The molecule has 6 rings (SSSR count). The fraction of sp³-hybridized carbons (Fsp3) is 0.476. The van der Waals surface area contributed by atoms with Crippen LogP contribution in [0, 0.1) is 11.2 Å². The van der Waals surface area contributed by atoms with E-state index in [9.17, 15) is 24.2 Å². The zero-order chi connectivity index (χ0) is 37.6. The molecule has 280 valence electrons. The smallest absolute Gasteiger partial charge is 0.410 e. The van der Waals surface area contributed by atoms with Gasteiger partial charge in [-0.25, -0.2) is 9.18 Å². The lowest BCUT2D eigenvalue weighted by Crippen LogP contribution is -2.53. The van der Waals surface area contributed by atoms with Crippen LogP contribution in [0.15, 0.2) is 66.2 Å². The van der Waals surface area contributed by atoms with Crippen LogP contribution in [-0.2, 0) is 24.1 Å². The van der Waals surface area contributed by atoms with Gasteiger partial charge in [0, 0.05) is 39.6 Å². The maximum Gasteiger partial charge on any atom is 0.410 e. The Bertz CT molecular complexity index is 1780. The van der Waals surface area contributed by atoms with E-state index >= 15 is 0 Å². The maximum atomic E-state index is 14.9. The first-order valence-corrected chi connectivity index (χ1v) is 18.5. The number of amides is 1. The molecule has 1 amide bonds. The lowest BCUT2D eigenvalue weighted by atomic mass is 9.64. The number of aliphatic hydroxyl groups excluding tert-OH is 1. The predicted molar refractivity (Wildman–Crippen MR) is 200 cm³/mol. The van der Waals surface area contributed by atoms with E-state index in [0.717, 1.165) is 22.3 Å². The summed E-state index contributed by atoms with van der Waals surface area (Å²) in [5, 5.41) is 24.0. The number of Topliss-reactive ketones (excluding diaryl/α,β-unsaturated/α-hetero) is 1. The Morgan fingerprint density at radius 3 is 2.56 bits per heavy atom. The third-order valence-electron chi connectivity index (χ3n) is 11.2. The van der Waals surface area contributed by atoms with Gasteiger partial charge < -0.3 is 29.3 Å². The van der Waals surface area contributed by atoms with Gasteiger partial charge in [-0.05, 0) is 106 Å². The Labute approximate surface area is 311 Å². The second-order valence-electron chi connectivity index (χ2n) is 14.5. The molecule has 1 fully saturated rings. The van der Waals surface area contributed by atoms with E-state index in [-0.39, 0.29) is 48.4 Å². The van der Waals surface area contributed by atoms with Crippen LogP contribution in [0.25, 0.3) is 0 Å². The predicted octanol–water partition coefficient (Wildman–Crippen LogP) is 8.62. The van der Waals surface area contributed by atoms with Crippen LogP contribution in [0.1, 0.15) is 97.8 Å². The molecule has 52 heavy (non-hydrogen) atoms. The number of fused-ring (bicyclic) bond motifs is 8. The van der Waals surface area contributed by atoms with Crippen LogP contribution in [0.5, 0.6) is 11.5 Å². The second kappa shape index (κ2) is 16.8. The molecule has 3 aromatic carbocycles. The Hall–Kier alpha value is -3.92. The first-order valence-electron chi connectivity index (χ1n) is 18.1. The van der Waals surface area contributed by atoms with Gasteiger partial charge in [-0.15, -0.1) is 0 Å². The number of allylic oxidation sites excluding steroid dienone is 2. The number of halogens is 2. The number of carbonyl (C=O) groups is 2. The Balaban J connectivity index is 1.59. The highest BCUT2D eigenvalue weighted by atomic mass is 35.5. The molecule has 2 bridgehead atoms. The van der Waals surface area contributed by atoms with Crippen molar-refractivity contribution in [3.8, 4) is 11.5 Å². The third-order valence-corrected chi connectivity index (χ3v) is 11.6. The summed E-state index contributed by atoms with van der Waals surface area (Å²) in [5.41, 5.74) is 1.80. The maximum absolute atomic E-state index is 14.9. The number of aliphatic hydroxyl groups is 2. The monoisotopic (exact) mass is 735 g/mol. The van der Waals surface area contributed by atoms with Crippen molar-refractivity contribution in [3.63, 3.8) is 0 Å². The van der Waals surface area contributed by atoms with Gasteiger partial charge in [-0.1, -0.05) is 48.4 Å². The van der Waals surface area contributed by atoms with Crippen LogP contribution in [0.3, 0.4) is 0 Å². The number of hydrogen-bond acceptors (Lipinski definition) is 7. The summed E-state index contributed by atoms with van der Waals surface area (Å²) >= 11 is 6.37. The lowest BCUT2D eigenvalue weighted by Gasteiger charge is -2.46. The van der Waals surface area contributed by atoms with E-state index in [2.05, 4.69) is 19.9 Å². The topological polar surface area (TPSA) is 106 Å². The molecule has 3 aliphatic rings. The zero-order valence-corrected chi connectivity index (χ0v) is 31.6. The van der Waals surface area contributed by atoms with Gasteiger partial charge >= 0.3 is 6.09 Å². The van der Waals surface area contributed by atoms with Crippen molar-refractivity contribution in [1.82, 2.24) is 4.90 Å².